The van der Waals surface area contributed by atoms with Crippen LogP contribution < -0.4 is 5.32 Å². The maximum absolute atomic E-state index is 13.0. The number of nitrogens with one attached hydrogen (secondary N) is 1. The smallest absolute Gasteiger partial charge is 0.256 e. The first-order valence-corrected chi connectivity index (χ1v) is 10.1. The van der Waals surface area contributed by atoms with Gasteiger partial charge in [0.1, 0.15) is 15.4 Å². The van der Waals surface area contributed by atoms with Crippen molar-refractivity contribution in [2.75, 3.05) is 5.32 Å². The van der Waals surface area contributed by atoms with E-state index in [1.165, 1.54) is 0 Å². The van der Waals surface area contributed by atoms with Crippen molar-refractivity contribution >= 4 is 44.1 Å². The summed E-state index contributed by atoms with van der Waals surface area (Å²) in [6, 6.07) is 23.6. The number of benzene rings is 3. The minimum atomic E-state index is -0.118. The van der Waals surface area contributed by atoms with Crippen LogP contribution in [0, 0.1) is 6.92 Å². The van der Waals surface area contributed by atoms with E-state index in [1.54, 1.807) is 17.5 Å². The number of nitrogens with zero attached hydrogens (tertiary/aromatic N) is 2. The molecule has 1 amide bonds. The summed E-state index contributed by atoms with van der Waals surface area (Å²) in [7, 11) is 0. The lowest BCUT2D eigenvalue weighted by Crippen LogP contribution is -2.13. The van der Waals surface area contributed by atoms with E-state index in [2.05, 4.69) is 15.3 Å². The largest absolute Gasteiger partial charge is 0.322 e. The van der Waals surface area contributed by atoms with Crippen LogP contribution in [0.4, 0.5) is 5.69 Å². The average Bonchev–Trinajstić information content (AvgIpc) is 3.19. The number of thiazole rings is 1. The van der Waals surface area contributed by atoms with Crippen molar-refractivity contribution in [1.29, 1.82) is 0 Å². The van der Waals surface area contributed by atoms with E-state index in [1.807, 2.05) is 79.7 Å². The molecule has 0 aliphatic rings. The van der Waals surface area contributed by atoms with Crippen LogP contribution in [0.5, 0.6) is 0 Å². The number of aromatic nitrogens is 2. The first-order valence-electron chi connectivity index (χ1n) is 9.31. The third-order valence-electron chi connectivity index (χ3n) is 4.93. The van der Waals surface area contributed by atoms with Crippen LogP contribution in [0.15, 0.2) is 79.0 Å². The Hall–Kier alpha value is -3.57. The minimum Gasteiger partial charge on any atom is -0.322 e. The highest BCUT2D eigenvalue weighted by Gasteiger charge is 2.13. The van der Waals surface area contributed by atoms with Crippen LogP contribution in [0.2, 0.25) is 0 Å². The number of hydrogen-bond donors (Lipinski definition) is 1. The molecule has 0 fully saturated rings. The number of fused-ring (bicyclic) bond motifs is 2. The monoisotopic (exact) mass is 395 g/mol. The molecule has 0 atom stereocenters. The molecule has 0 aliphatic heterocycles. The summed E-state index contributed by atoms with van der Waals surface area (Å²) in [6.07, 6.45) is 1.77. The van der Waals surface area contributed by atoms with Crippen LogP contribution in [0.25, 0.3) is 31.7 Å². The van der Waals surface area contributed by atoms with Crippen LogP contribution in [-0.4, -0.2) is 15.9 Å². The van der Waals surface area contributed by atoms with E-state index >= 15 is 0 Å². The molecule has 0 bridgehead atoms. The molecule has 5 rings (SSSR count). The number of rotatable bonds is 3. The SMILES string of the molecule is Cc1ccc(-c2nc3cccnc3s2)cc1NC(=O)c1cccc2ccccc12. The molecule has 0 radical (unpaired) electrons. The van der Waals surface area contributed by atoms with Gasteiger partial charge in [-0.05, 0) is 47.5 Å². The number of anilines is 1. The van der Waals surface area contributed by atoms with E-state index in [0.29, 0.717) is 5.56 Å². The summed E-state index contributed by atoms with van der Waals surface area (Å²) in [5.74, 6) is -0.118. The second-order valence-electron chi connectivity index (χ2n) is 6.86. The first-order chi connectivity index (χ1) is 14.2. The highest BCUT2D eigenvalue weighted by molar-refractivity contribution is 7.21. The summed E-state index contributed by atoms with van der Waals surface area (Å²) in [4.78, 5) is 23.0. The molecular weight excluding hydrogens is 378 g/mol. The van der Waals surface area contributed by atoms with Gasteiger partial charge in [-0.25, -0.2) is 9.97 Å². The van der Waals surface area contributed by atoms with Gasteiger partial charge in [-0.2, -0.15) is 0 Å². The predicted octanol–water partition coefficient (Wildman–Crippen LogP) is 6.07. The van der Waals surface area contributed by atoms with Gasteiger partial charge in [-0.3, -0.25) is 4.79 Å². The molecule has 0 saturated heterocycles. The third-order valence-corrected chi connectivity index (χ3v) is 5.96. The summed E-state index contributed by atoms with van der Waals surface area (Å²) < 4.78 is 0. The molecule has 4 nitrogen and oxygen atoms in total. The number of amides is 1. The quantitative estimate of drug-likeness (QED) is 0.403. The van der Waals surface area contributed by atoms with Gasteiger partial charge >= 0.3 is 0 Å². The van der Waals surface area contributed by atoms with Crippen molar-refractivity contribution in [3.05, 3.63) is 90.1 Å². The molecule has 0 spiro atoms. The Morgan fingerprint density at radius 3 is 2.72 bits per heavy atom. The van der Waals surface area contributed by atoms with Gasteiger partial charge in [-0.1, -0.05) is 59.9 Å². The Morgan fingerprint density at radius 1 is 0.966 bits per heavy atom. The van der Waals surface area contributed by atoms with E-state index in [0.717, 1.165) is 42.9 Å². The highest BCUT2D eigenvalue weighted by atomic mass is 32.1. The highest BCUT2D eigenvalue weighted by Crippen LogP contribution is 2.31. The van der Waals surface area contributed by atoms with Crippen molar-refractivity contribution in [2.45, 2.75) is 6.92 Å². The number of carbonyl (C=O) groups excluding carboxylic acids is 1. The standard InChI is InChI=1S/C24H17N3OS/c1-15-11-12-17(23-27-20-10-5-13-25-24(20)29-23)14-21(15)26-22(28)19-9-4-7-16-6-2-3-8-18(16)19/h2-14H,1H3,(H,26,28). The van der Waals surface area contributed by atoms with E-state index in [9.17, 15) is 4.79 Å². The molecular formula is C24H17N3OS. The summed E-state index contributed by atoms with van der Waals surface area (Å²) in [5, 5.41) is 5.96. The van der Waals surface area contributed by atoms with Crippen molar-refractivity contribution in [3.63, 3.8) is 0 Å². The van der Waals surface area contributed by atoms with Gasteiger partial charge in [0.25, 0.3) is 5.91 Å². The molecule has 0 unspecified atom stereocenters. The fourth-order valence-corrected chi connectivity index (χ4v) is 4.30. The first kappa shape index (κ1) is 17.5. The van der Waals surface area contributed by atoms with Crippen LogP contribution >= 0.6 is 11.3 Å². The van der Waals surface area contributed by atoms with Gasteiger partial charge in [0.2, 0.25) is 0 Å². The molecule has 29 heavy (non-hydrogen) atoms. The molecule has 2 aromatic heterocycles. The maximum atomic E-state index is 13.0. The number of hydrogen-bond acceptors (Lipinski definition) is 4. The fourth-order valence-electron chi connectivity index (χ4n) is 3.40. The number of pyridine rings is 1. The lowest BCUT2D eigenvalue weighted by Gasteiger charge is -2.11. The van der Waals surface area contributed by atoms with Crippen molar-refractivity contribution < 1.29 is 4.79 Å². The molecule has 140 valence electrons. The Morgan fingerprint density at radius 2 is 1.83 bits per heavy atom. The zero-order chi connectivity index (χ0) is 19.8. The molecule has 5 aromatic rings. The van der Waals surface area contributed by atoms with Gasteiger partial charge in [0.15, 0.2) is 0 Å². The van der Waals surface area contributed by atoms with Crippen molar-refractivity contribution in [2.24, 2.45) is 0 Å². The Labute approximate surface area is 171 Å². The van der Waals surface area contributed by atoms with Gasteiger partial charge < -0.3 is 5.32 Å². The van der Waals surface area contributed by atoms with E-state index < -0.39 is 0 Å². The predicted molar refractivity (Wildman–Crippen MR) is 119 cm³/mol. The normalized spacial score (nSPS) is 11.1. The summed E-state index contributed by atoms with van der Waals surface area (Å²) >= 11 is 1.55. The zero-order valence-electron chi connectivity index (χ0n) is 15.7. The average molecular weight is 395 g/mol. The van der Waals surface area contributed by atoms with Gasteiger partial charge in [0.05, 0.1) is 0 Å². The number of carbonyl (C=O) groups is 1. The summed E-state index contributed by atoms with van der Waals surface area (Å²) in [6.45, 7) is 1.99. The lowest BCUT2D eigenvalue weighted by molar-refractivity contribution is 0.102. The third kappa shape index (κ3) is 3.26. The van der Waals surface area contributed by atoms with Crippen LogP contribution in [0.1, 0.15) is 15.9 Å². The molecule has 5 heteroatoms. The maximum Gasteiger partial charge on any atom is 0.256 e. The summed E-state index contributed by atoms with van der Waals surface area (Å²) in [5.41, 5.74) is 4.30. The van der Waals surface area contributed by atoms with Gasteiger partial charge in [0, 0.05) is 23.0 Å². The van der Waals surface area contributed by atoms with Gasteiger partial charge in [-0.15, -0.1) is 0 Å². The Balaban J connectivity index is 1.51. The molecule has 0 aliphatic carbocycles. The van der Waals surface area contributed by atoms with Crippen LogP contribution in [-0.2, 0) is 0 Å². The second-order valence-corrected chi connectivity index (χ2v) is 7.83. The van der Waals surface area contributed by atoms with Crippen LogP contribution in [0.3, 0.4) is 0 Å². The topological polar surface area (TPSA) is 54.9 Å². The second kappa shape index (κ2) is 7.11. The molecule has 3 aromatic carbocycles. The molecule has 0 saturated carbocycles. The molecule has 1 N–H and O–H groups in total. The lowest BCUT2D eigenvalue weighted by atomic mass is 10.0. The Bertz CT molecular complexity index is 1330. The zero-order valence-corrected chi connectivity index (χ0v) is 16.5. The Kier molecular flexibility index (Phi) is 4.30. The van der Waals surface area contributed by atoms with E-state index in [4.69, 9.17) is 0 Å². The minimum absolute atomic E-state index is 0.118. The van der Waals surface area contributed by atoms with Crippen molar-refractivity contribution in [1.82, 2.24) is 9.97 Å². The van der Waals surface area contributed by atoms with Crippen molar-refractivity contribution in [3.8, 4) is 10.6 Å². The van der Waals surface area contributed by atoms with E-state index in [-0.39, 0.29) is 5.91 Å². The fraction of sp³-hybridized carbons (Fsp3) is 0.0417. The molecule has 2 heterocycles. The number of aryl methyl sites for hydroxylation is 1.